The van der Waals surface area contributed by atoms with E-state index in [4.69, 9.17) is 11.5 Å². The third-order valence-corrected chi connectivity index (χ3v) is 1.00. The maximum Gasteiger partial charge on any atom is 0.0357 e. The largest absolute Gasteiger partial charge is 0.404 e. The van der Waals surface area contributed by atoms with Crippen LogP contribution in [0.3, 0.4) is 0 Å². The van der Waals surface area contributed by atoms with Crippen LogP contribution in [-0.4, -0.2) is 0 Å². The van der Waals surface area contributed by atoms with Crippen molar-refractivity contribution in [2.24, 2.45) is 11.5 Å². The smallest absolute Gasteiger partial charge is 0.0357 e. The van der Waals surface area contributed by atoms with Crippen LogP contribution in [0.2, 0.25) is 0 Å². The van der Waals surface area contributed by atoms with Crippen molar-refractivity contribution in [1.29, 1.82) is 0 Å². The highest BCUT2D eigenvalue weighted by Crippen LogP contribution is 1.98. The molecule has 0 bridgehead atoms. The van der Waals surface area contributed by atoms with Crippen LogP contribution >= 0.6 is 0 Å². The van der Waals surface area contributed by atoms with Gasteiger partial charge >= 0.3 is 0 Å². The van der Waals surface area contributed by atoms with Gasteiger partial charge in [-0.05, 0) is 24.8 Å². The van der Waals surface area contributed by atoms with Gasteiger partial charge in [-0.25, -0.2) is 0 Å². The fraction of sp³-hybridized carbons (Fsp3) is 0.143. The first-order valence-corrected chi connectivity index (χ1v) is 2.69. The van der Waals surface area contributed by atoms with Crippen molar-refractivity contribution >= 4 is 0 Å². The summed E-state index contributed by atoms with van der Waals surface area (Å²) in [4.78, 5) is 0. The quantitative estimate of drug-likeness (QED) is 0.537. The van der Waals surface area contributed by atoms with Crippen LogP contribution in [0.4, 0.5) is 0 Å². The molecule has 4 N–H and O–H groups in total. The van der Waals surface area contributed by atoms with E-state index in [1.807, 2.05) is 6.92 Å². The number of hydrogen-bond acceptors (Lipinski definition) is 2. The van der Waals surface area contributed by atoms with Crippen molar-refractivity contribution in [3.63, 3.8) is 0 Å². The SMILES string of the molecule is C=C/C=C(N)\C(C)=C/N. The molecular formula is C7H12N2. The molecule has 0 aliphatic rings. The lowest BCUT2D eigenvalue weighted by molar-refractivity contribution is 1.27. The van der Waals surface area contributed by atoms with E-state index < -0.39 is 0 Å². The number of nitrogens with two attached hydrogens (primary N) is 2. The zero-order chi connectivity index (χ0) is 7.28. The fourth-order valence-corrected chi connectivity index (χ4v) is 0.355. The van der Waals surface area contributed by atoms with E-state index >= 15 is 0 Å². The third-order valence-electron chi connectivity index (χ3n) is 1.00. The maximum atomic E-state index is 5.48. The van der Waals surface area contributed by atoms with Crippen molar-refractivity contribution in [1.82, 2.24) is 0 Å². The fourth-order valence-electron chi connectivity index (χ4n) is 0.355. The van der Waals surface area contributed by atoms with Gasteiger partial charge in [-0.15, -0.1) is 0 Å². The predicted octanol–water partition coefficient (Wildman–Crippen LogP) is 0.878. The normalized spacial score (nSPS) is 13.4. The third kappa shape index (κ3) is 2.59. The number of allylic oxidation sites excluding steroid dienone is 3. The number of hydrogen-bond donors (Lipinski definition) is 2. The molecule has 0 aromatic heterocycles. The monoisotopic (exact) mass is 124 g/mol. The first-order valence-electron chi connectivity index (χ1n) is 2.69. The molecule has 0 radical (unpaired) electrons. The highest BCUT2D eigenvalue weighted by molar-refractivity contribution is 5.27. The minimum absolute atomic E-state index is 0.660. The van der Waals surface area contributed by atoms with Crippen LogP contribution in [0.5, 0.6) is 0 Å². The zero-order valence-corrected chi connectivity index (χ0v) is 5.59. The van der Waals surface area contributed by atoms with Gasteiger partial charge in [0.2, 0.25) is 0 Å². The van der Waals surface area contributed by atoms with Crippen molar-refractivity contribution in [3.8, 4) is 0 Å². The topological polar surface area (TPSA) is 52.0 Å². The van der Waals surface area contributed by atoms with E-state index in [1.165, 1.54) is 6.20 Å². The van der Waals surface area contributed by atoms with Gasteiger partial charge in [0.25, 0.3) is 0 Å². The molecule has 0 saturated carbocycles. The molecule has 0 aromatic rings. The van der Waals surface area contributed by atoms with Crippen LogP contribution in [-0.2, 0) is 0 Å². The molecule has 0 spiro atoms. The minimum atomic E-state index is 0.660. The Labute approximate surface area is 55.5 Å². The Hall–Kier alpha value is -1.18. The molecule has 50 valence electrons. The molecule has 0 aromatic carbocycles. The van der Waals surface area contributed by atoms with Crippen LogP contribution in [0.1, 0.15) is 6.92 Å². The van der Waals surface area contributed by atoms with Crippen molar-refractivity contribution in [2.45, 2.75) is 6.92 Å². The summed E-state index contributed by atoms with van der Waals surface area (Å²) >= 11 is 0. The number of rotatable bonds is 2. The molecule has 0 heterocycles. The van der Waals surface area contributed by atoms with Gasteiger partial charge in [-0.3, -0.25) is 0 Å². The highest BCUT2D eigenvalue weighted by atomic mass is 14.6. The Bertz CT molecular complexity index is 154. The highest BCUT2D eigenvalue weighted by Gasteiger charge is 1.87. The molecule has 0 aliphatic carbocycles. The zero-order valence-electron chi connectivity index (χ0n) is 5.59. The van der Waals surface area contributed by atoms with Crippen LogP contribution in [0, 0.1) is 0 Å². The summed E-state index contributed by atoms with van der Waals surface area (Å²) in [7, 11) is 0. The second-order valence-electron chi connectivity index (χ2n) is 1.71. The molecule has 0 atom stereocenters. The average molecular weight is 124 g/mol. The molecule has 2 nitrogen and oxygen atoms in total. The average Bonchev–Trinajstić information content (AvgIpc) is 1.87. The Balaban J connectivity index is 4.19. The van der Waals surface area contributed by atoms with Gasteiger partial charge in [-0.1, -0.05) is 12.7 Å². The van der Waals surface area contributed by atoms with Gasteiger partial charge in [0.15, 0.2) is 0 Å². The molecule has 0 fully saturated rings. The lowest BCUT2D eigenvalue weighted by Gasteiger charge is -1.95. The predicted molar refractivity (Wildman–Crippen MR) is 40.4 cm³/mol. The molecule has 2 heteroatoms. The second kappa shape index (κ2) is 3.78. The van der Waals surface area contributed by atoms with Gasteiger partial charge in [0.1, 0.15) is 0 Å². The van der Waals surface area contributed by atoms with E-state index in [0.29, 0.717) is 5.70 Å². The standard InChI is InChI=1S/C7H12N2/c1-3-4-7(9)6(2)5-8/h3-5H,1,8-9H2,2H3/b6-5-,7-4+. The molecule has 0 amide bonds. The molecule has 0 aliphatic heterocycles. The summed E-state index contributed by atoms with van der Waals surface area (Å²) in [6.45, 7) is 5.34. The van der Waals surface area contributed by atoms with Crippen molar-refractivity contribution in [3.05, 3.63) is 36.2 Å². The minimum Gasteiger partial charge on any atom is -0.404 e. The van der Waals surface area contributed by atoms with E-state index in [-0.39, 0.29) is 0 Å². The summed E-state index contributed by atoms with van der Waals surface area (Å²) in [5.41, 5.74) is 12.2. The second-order valence-corrected chi connectivity index (χ2v) is 1.71. The van der Waals surface area contributed by atoms with Crippen molar-refractivity contribution < 1.29 is 0 Å². The summed E-state index contributed by atoms with van der Waals surface area (Å²) in [5.74, 6) is 0. The van der Waals surface area contributed by atoms with E-state index in [9.17, 15) is 0 Å². The van der Waals surface area contributed by atoms with E-state index in [2.05, 4.69) is 6.58 Å². The Kier molecular flexibility index (Phi) is 3.28. The van der Waals surface area contributed by atoms with Crippen LogP contribution in [0.15, 0.2) is 36.2 Å². The maximum absolute atomic E-state index is 5.48. The first kappa shape index (κ1) is 7.82. The van der Waals surface area contributed by atoms with E-state index in [1.54, 1.807) is 12.2 Å². The summed E-state index contributed by atoms with van der Waals surface area (Å²) in [5, 5.41) is 0. The summed E-state index contributed by atoms with van der Waals surface area (Å²) < 4.78 is 0. The molecule has 0 saturated heterocycles. The summed E-state index contributed by atoms with van der Waals surface area (Å²) in [6.07, 6.45) is 4.80. The first-order chi connectivity index (χ1) is 4.22. The van der Waals surface area contributed by atoms with Gasteiger partial charge in [-0.2, -0.15) is 0 Å². The van der Waals surface area contributed by atoms with Gasteiger partial charge in [0, 0.05) is 5.70 Å². The molecule has 9 heavy (non-hydrogen) atoms. The Morgan fingerprint density at radius 3 is 2.44 bits per heavy atom. The Morgan fingerprint density at radius 1 is 1.56 bits per heavy atom. The molecular weight excluding hydrogens is 112 g/mol. The van der Waals surface area contributed by atoms with Gasteiger partial charge in [0.05, 0.1) is 0 Å². The summed E-state index contributed by atoms with van der Waals surface area (Å²) in [6, 6.07) is 0. The van der Waals surface area contributed by atoms with Crippen LogP contribution < -0.4 is 11.5 Å². The van der Waals surface area contributed by atoms with Crippen LogP contribution in [0.25, 0.3) is 0 Å². The van der Waals surface area contributed by atoms with Crippen molar-refractivity contribution in [2.75, 3.05) is 0 Å². The molecule has 0 rings (SSSR count). The van der Waals surface area contributed by atoms with E-state index in [0.717, 1.165) is 5.57 Å². The lowest BCUT2D eigenvalue weighted by Crippen LogP contribution is -1.99. The Morgan fingerprint density at radius 2 is 2.11 bits per heavy atom. The van der Waals surface area contributed by atoms with Gasteiger partial charge < -0.3 is 11.5 Å². The lowest BCUT2D eigenvalue weighted by atomic mass is 10.2. The molecule has 0 unspecified atom stereocenters.